The van der Waals surface area contributed by atoms with Crippen LogP contribution in [-0.4, -0.2) is 28.9 Å². The monoisotopic (exact) mass is 248 g/mol. The number of carbonyl (C=O) groups excluding carboxylic acids is 1. The fraction of sp³-hybridized carbons (Fsp3) is 0.571. The number of aromatic amines is 1. The van der Waals surface area contributed by atoms with Crippen LogP contribution in [0.3, 0.4) is 0 Å². The molecule has 4 heteroatoms. The third-order valence-electron chi connectivity index (χ3n) is 3.72. The van der Waals surface area contributed by atoms with Crippen LogP contribution in [0.4, 0.5) is 0 Å². The molecule has 0 atom stereocenters. The van der Waals surface area contributed by atoms with Gasteiger partial charge in [-0.15, -0.1) is 0 Å². The molecule has 0 aromatic carbocycles. The van der Waals surface area contributed by atoms with Crippen molar-refractivity contribution in [1.82, 2.24) is 9.88 Å². The van der Waals surface area contributed by atoms with Gasteiger partial charge >= 0.3 is 0 Å². The normalized spacial score (nSPS) is 17.2. The lowest BCUT2D eigenvalue weighted by molar-refractivity contribution is 0.0717. The van der Waals surface area contributed by atoms with Gasteiger partial charge in [-0.1, -0.05) is 25.7 Å². The molecule has 0 radical (unpaired) electrons. The second-order valence-corrected chi connectivity index (χ2v) is 5.00. The fourth-order valence-corrected chi connectivity index (χ4v) is 2.56. The van der Waals surface area contributed by atoms with E-state index in [4.69, 9.17) is 0 Å². The Hall–Kier alpha value is -1.58. The first-order chi connectivity index (χ1) is 8.68. The molecule has 1 aliphatic rings. The second-order valence-electron chi connectivity index (χ2n) is 5.00. The highest BCUT2D eigenvalue weighted by atomic mass is 16.2. The lowest BCUT2D eigenvalue weighted by Crippen LogP contribution is -2.37. The van der Waals surface area contributed by atoms with E-state index in [0.717, 1.165) is 12.8 Å². The Kier molecular flexibility index (Phi) is 4.18. The van der Waals surface area contributed by atoms with E-state index >= 15 is 0 Å². The van der Waals surface area contributed by atoms with Gasteiger partial charge in [-0.05, 0) is 18.9 Å². The summed E-state index contributed by atoms with van der Waals surface area (Å²) in [5.74, 6) is -0.00171. The van der Waals surface area contributed by atoms with E-state index in [1.807, 2.05) is 11.9 Å². The predicted molar refractivity (Wildman–Crippen MR) is 70.6 cm³/mol. The molecule has 18 heavy (non-hydrogen) atoms. The van der Waals surface area contributed by atoms with Gasteiger partial charge in [-0.25, -0.2) is 0 Å². The van der Waals surface area contributed by atoms with Crippen molar-refractivity contribution in [1.29, 1.82) is 0 Å². The van der Waals surface area contributed by atoms with Gasteiger partial charge in [0.25, 0.3) is 5.91 Å². The van der Waals surface area contributed by atoms with Crippen LogP contribution in [0.1, 0.15) is 48.9 Å². The van der Waals surface area contributed by atoms with Crippen molar-refractivity contribution in [2.24, 2.45) is 0 Å². The first-order valence-corrected chi connectivity index (χ1v) is 6.64. The van der Waals surface area contributed by atoms with Gasteiger partial charge in [0.2, 0.25) is 5.56 Å². The molecule has 2 rings (SSSR count). The summed E-state index contributed by atoms with van der Waals surface area (Å²) in [6, 6.07) is 3.33. The standard InChI is InChI=1S/C14H20N2O2/c1-16(12-6-4-2-3-5-7-12)14(18)11-8-9-13(17)15-10-11/h8-10,12H,2-7H2,1H3,(H,15,17). The van der Waals surface area contributed by atoms with Crippen molar-refractivity contribution in [3.63, 3.8) is 0 Å². The summed E-state index contributed by atoms with van der Waals surface area (Å²) in [5, 5.41) is 0. The first kappa shape index (κ1) is 12.9. The molecular weight excluding hydrogens is 228 g/mol. The zero-order valence-electron chi connectivity index (χ0n) is 10.8. The van der Waals surface area contributed by atoms with E-state index in [-0.39, 0.29) is 11.5 Å². The minimum atomic E-state index is -0.177. The zero-order chi connectivity index (χ0) is 13.0. The van der Waals surface area contributed by atoms with E-state index in [2.05, 4.69) is 4.98 Å². The highest BCUT2D eigenvalue weighted by Gasteiger charge is 2.22. The van der Waals surface area contributed by atoms with Gasteiger partial charge in [0.15, 0.2) is 0 Å². The van der Waals surface area contributed by atoms with Crippen molar-refractivity contribution in [2.45, 2.75) is 44.6 Å². The van der Waals surface area contributed by atoms with Crippen LogP contribution < -0.4 is 5.56 Å². The molecule has 1 heterocycles. The van der Waals surface area contributed by atoms with E-state index in [0.29, 0.717) is 11.6 Å². The molecule has 4 nitrogen and oxygen atoms in total. The Morgan fingerprint density at radius 2 is 1.89 bits per heavy atom. The summed E-state index contributed by atoms with van der Waals surface area (Å²) < 4.78 is 0. The molecule has 1 aromatic rings. The number of pyridine rings is 1. The van der Waals surface area contributed by atoms with Gasteiger partial charge < -0.3 is 9.88 Å². The maximum atomic E-state index is 12.3. The Bertz CT molecular complexity index is 439. The molecule has 1 aliphatic carbocycles. The lowest BCUT2D eigenvalue weighted by atomic mass is 10.1. The summed E-state index contributed by atoms with van der Waals surface area (Å²) in [6.07, 6.45) is 8.63. The molecule has 0 unspecified atom stereocenters. The Labute approximate surface area is 107 Å². The number of rotatable bonds is 2. The third kappa shape index (κ3) is 3.00. The quantitative estimate of drug-likeness (QED) is 0.815. The van der Waals surface area contributed by atoms with Crippen LogP contribution in [0.5, 0.6) is 0 Å². The van der Waals surface area contributed by atoms with Crippen molar-refractivity contribution in [3.05, 3.63) is 34.2 Å². The van der Waals surface area contributed by atoms with Crippen LogP contribution >= 0.6 is 0 Å². The fourth-order valence-electron chi connectivity index (χ4n) is 2.56. The van der Waals surface area contributed by atoms with E-state index in [1.54, 1.807) is 6.07 Å². The highest BCUT2D eigenvalue weighted by molar-refractivity contribution is 5.93. The Morgan fingerprint density at radius 1 is 1.22 bits per heavy atom. The van der Waals surface area contributed by atoms with Crippen LogP contribution in [-0.2, 0) is 0 Å². The predicted octanol–water partition coefficient (Wildman–Crippen LogP) is 2.17. The van der Waals surface area contributed by atoms with Crippen molar-refractivity contribution < 1.29 is 4.79 Å². The highest BCUT2D eigenvalue weighted by Crippen LogP contribution is 2.22. The number of hydrogen-bond acceptors (Lipinski definition) is 2. The SMILES string of the molecule is CN(C(=O)c1ccc(=O)[nH]c1)C1CCCCCC1. The molecule has 1 fully saturated rings. The number of aromatic nitrogens is 1. The molecule has 1 amide bonds. The molecule has 0 bridgehead atoms. The van der Waals surface area contributed by atoms with Gasteiger partial charge in [-0.3, -0.25) is 9.59 Å². The smallest absolute Gasteiger partial charge is 0.255 e. The molecule has 98 valence electrons. The average molecular weight is 248 g/mol. The summed E-state index contributed by atoms with van der Waals surface area (Å²) in [4.78, 5) is 27.6. The number of nitrogens with one attached hydrogen (secondary N) is 1. The summed E-state index contributed by atoms with van der Waals surface area (Å²) in [7, 11) is 1.86. The molecular formula is C14H20N2O2. The summed E-state index contributed by atoms with van der Waals surface area (Å²) in [5.41, 5.74) is 0.380. The van der Waals surface area contributed by atoms with Gasteiger partial charge in [-0.2, -0.15) is 0 Å². The van der Waals surface area contributed by atoms with Crippen LogP contribution in [0.2, 0.25) is 0 Å². The van der Waals surface area contributed by atoms with Gasteiger partial charge in [0, 0.05) is 25.4 Å². The minimum absolute atomic E-state index is 0.00171. The molecule has 1 aromatic heterocycles. The Morgan fingerprint density at radius 3 is 2.44 bits per heavy atom. The molecule has 0 spiro atoms. The average Bonchev–Trinajstić information content (AvgIpc) is 2.67. The van der Waals surface area contributed by atoms with Crippen LogP contribution in [0.15, 0.2) is 23.1 Å². The van der Waals surface area contributed by atoms with Crippen molar-refractivity contribution >= 4 is 5.91 Å². The number of nitrogens with zero attached hydrogens (tertiary/aromatic N) is 1. The maximum absolute atomic E-state index is 12.3. The first-order valence-electron chi connectivity index (χ1n) is 6.64. The van der Waals surface area contributed by atoms with Gasteiger partial charge in [0.1, 0.15) is 0 Å². The Balaban J connectivity index is 2.07. The van der Waals surface area contributed by atoms with Crippen molar-refractivity contribution in [2.75, 3.05) is 7.05 Å². The van der Waals surface area contributed by atoms with E-state index in [9.17, 15) is 9.59 Å². The number of carbonyl (C=O) groups is 1. The maximum Gasteiger partial charge on any atom is 0.255 e. The third-order valence-corrected chi connectivity index (χ3v) is 3.72. The van der Waals surface area contributed by atoms with Crippen LogP contribution in [0, 0.1) is 0 Å². The topological polar surface area (TPSA) is 53.2 Å². The van der Waals surface area contributed by atoms with E-state index < -0.39 is 0 Å². The van der Waals surface area contributed by atoms with E-state index in [1.165, 1.54) is 37.9 Å². The zero-order valence-corrected chi connectivity index (χ0v) is 10.8. The molecule has 0 aliphatic heterocycles. The largest absolute Gasteiger partial charge is 0.339 e. The van der Waals surface area contributed by atoms with Crippen molar-refractivity contribution in [3.8, 4) is 0 Å². The van der Waals surface area contributed by atoms with Gasteiger partial charge in [0.05, 0.1) is 5.56 Å². The second kappa shape index (κ2) is 5.85. The molecule has 1 N–H and O–H groups in total. The minimum Gasteiger partial charge on any atom is -0.339 e. The molecule has 1 saturated carbocycles. The summed E-state index contributed by atoms with van der Waals surface area (Å²) in [6.45, 7) is 0. The number of H-pyrrole nitrogens is 1. The number of hydrogen-bond donors (Lipinski definition) is 1. The number of amides is 1. The molecule has 0 saturated heterocycles. The lowest BCUT2D eigenvalue weighted by Gasteiger charge is -2.27. The van der Waals surface area contributed by atoms with Crippen LogP contribution in [0.25, 0.3) is 0 Å². The summed E-state index contributed by atoms with van der Waals surface area (Å²) >= 11 is 0.